The highest BCUT2D eigenvalue weighted by molar-refractivity contribution is 5.80. The Labute approximate surface area is 248 Å². The second-order valence-electron chi connectivity index (χ2n) is 11.9. The third-order valence-electron chi connectivity index (χ3n) is 7.90. The van der Waals surface area contributed by atoms with Gasteiger partial charge in [-0.05, 0) is 39.0 Å². The lowest BCUT2D eigenvalue weighted by Crippen LogP contribution is -2.48. The van der Waals surface area contributed by atoms with Crippen LogP contribution < -0.4 is 5.32 Å². The molecule has 40 heavy (non-hydrogen) atoms. The normalized spacial score (nSPS) is 14.5. The van der Waals surface area contributed by atoms with Crippen LogP contribution in [0.2, 0.25) is 0 Å². The molecule has 0 aromatic carbocycles. The first kappa shape index (κ1) is 38.8. The van der Waals surface area contributed by atoms with Gasteiger partial charge >= 0.3 is 0 Å². The molecule has 0 aromatic heterocycles. The van der Waals surface area contributed by atoms with E-state index < -0.39 is 24.2 Å². The largest absolute Gasteiger partial charge is 0.394 e. The Morgan fingerprint density at radius 2 is 1.18 bits per heavy atom. The van der Waals surface area contributed by atoms with E-state index in [4.69, 9.17) is 0 Å². The minimum atomic E-state index is -1.10. The summed E-state index contributed by atoms with van der Waals surface area (Å²) < 4.78 is 0. The molecule has 0 spiro atoms. The maximum absolute atomic E-state index is 12.4. The second-order valence-corrected chi connectivity index (χ2v) is 11.9. The van der Waals surface area contributed by atoms with Gasteiger partial charge in [-0.1, -0.05) is 153 Å². The minimum Gasteiger partial charge on any atom is -0.394 e. The number of unbranched alkanes of at least 4 members (excludes halogenated alkanes) is 18. The highest BCUT2D eigenvalue weighted by atomic mass is 16.3. The van der Waals surface area contributed by atoms with Gasteiger partial charge in [0.15, 0.2) is 0 Å². The molecule has 0 saturated carbocycles. The molecule has 236 valence electrons. The lowest BCUT2D eigenvalue weighted by molar-refractivity contribution is -0.131. The number of allylic oxidation sites excluding steroid dienone is 3. The highest BCUT2D eigenvalue weighted by Crippen LogP contribution is 2.14. The lowest BCUT2D eigenvalue weighted by atomic mass is 10.0. The van der Waals surface area contributed by atoms with Crippen LogP contribution in [0.5, 0.6) is 0 Å². The van der Waals surface area contributed by atoms with E-state index in [1.165, 1.54) is 108 Å². The van der Waals surface area contributed by atoms with Gasteiger partial charge in [-0.25, -0.2) is 0 Å². The third-order valence-corrected chi connectivity index (χ3v) is 7.90. The zero-order valence-corrected chi connectivity index (χ0v) is 26.7. The summed E-state index contributed by atoms with van der Waals surface area (Å²) in [7, 11) is 0. The van der Waals surface area contributed by atoms with Crippen LogP contribution in [0.1, 0.15) is 168 Å². The molecule has 0 aromatic rings. The predicted octanol–water partition coefficient (Wildman–Crippen LogP) is 8.70. The zero-order valence-electron chi connectivity index (χ0n) is 26.7. The molecule has 0 fully saturated rings. The summed E-state index contributed by atoms with van der Waals surface area (Å²) in [6.07, 6.45) is 31.2. The maximum Gasteiger partial charge on any atom is 0.249 e. The molecule has 0 rings (SSSR count). The van der Waals surface area contributed by atoms with Gasteiger partial charge in [0.25, 0.3) is 0 Å². The van der Waals surface area contributed by atoms with Crippen molar-refractivity contribution >= 4 is 5.91 Å². The summed E-state index contributed by atoms with van der Waals surface area (Å²) in [4.78, 5) is 12.4. The number of rotatable bonds is 29. The first-order valence-corrected chi connectivity index (χ1v) is 17.1. The smallest absolute Gasteiger partial charge is 0.249 e. The van der Waals surface area contributed by atoms with Crippen molar-refractivity contribution < 1.29 is 20.1 Å². The van der Waals surface area contributed by atoms with Crippen LogP contribution in [0.3, 0.4) is 0 Å². The molecule has 0 radical (unpaired) electrons. The van der Waals surface area contributed by atoms with Crippen LogP contribution >= 0.6 is 0 Å². The van der Waals surface area contributed by atoms with E-state index in [2.05, 4.69) is 32.2 Å². The fraction of sp³-hybridized carbons (Fsp3) is 0.857. The van der Waals surface area contributed by atoms with E-state index in [0.717, 1.165) is 38.5 Å². The molecule has 5 heteroatoms. The van der Waals surface area contributed by atoms with Crippen molar-refractivity contribution in [1.82, 2.24) is 5.32 Å². The number of aliphatic hydroxyl groups is 3. The van der Waals surface area contributed by atoms with Crippen molar-refractivity contribution in [2.75, 3.05) is 6.61 Å². The molecule has 0 aliphatic heterocycles. The number of hydrogen-bond acceptors (Lipinski definition) is 4. The summed E-state index contributed by atoms with van der Waals surface area (Å²) in [5.41, 5.74) is 1.42. The SMILES string of the molecule is CCCCCCCCCCCCCC[C@H](O)C(=O)N[C@H](CO)[C@@H](O)C=CCCC=C(C)CCCCCCCCC. The van der Waals surface area contributed by atoms with Crippen LogP contribution in [-0.4, -0.2) is 46.1 Å². The van der Waals surface area contributed by atoms with Crippen molar-refractivity contribution in [1.29, 1.82) is 0 Å². The molecule has 1 amide bonds. The number of amides is 1. The van der Waals surface area contributed by atoms with Gasteiger partial charge in [0, 0.05) is 0 Å². The third kappa shape index (κ3) is 24.6. The molecule has 4 N–H and O–H groups in total. The van der Waals surface area contributed by atoms with E-state index in [9.17, 15) is 20.1 Å². The maximum atomic E-state index is 12.4. The first-order chi connectivity index (χ1) is 19.5. The van der Waals surface area contributed by atoms with Gasteiger partial charge in [-0.2, -0.15) is 0 Å². The number of hydrogen-bond donors (Lipinski definition) is 4. The summed E-state index contributed by atoms with van der Waals surface area (Å²) in [5, 5.41) is 32.9. The fourth-order valence-corrected chi connectivity index (χ4v) is 5.09. The van der Waals surface area contributed by atoms with E-state index >= 15 is 0 Å². The average Bonchev–Trinajstić information content (AvgIpc) is 2.95. The Morgan fingerprint density at radius 1 is 0.700 bits per heavy atom. The highest BCUT2D eigenvalue weighted by Gasteiger charge is 2.22. The summed E-state index contributed by atoms with van der Waals surface area (Å²) in [6, 6.07) is -0.810. The van der Waals surface area contributed by atoms with Crippen molar-refractivity contribution in [3.8, 4) is 0 Å². The van der Waals surface area contributed by atoms with E-state index in [-0.39, 0.29) is 6.61 Å². The monoisotopic (exact) mass is 566 g/mol. The van der Waals surface area contributed by atoms with Gasteiger partial charge in [0.1, 0.15) is 6.10 Å². The number of carbonyl (C=O) groups is 1. The summed E-state index contributed by atoms with van der Waals surface area (Å²) in [6.45, 7) is 6.32. The van der Waals surface area contributed by atoms with Crippen LogP contribution in [0.15, 0.2) is 23.8 Å². The van der Waals surface area contributed by atoms with E-state index in [1.807, 2.05) is 6.08 Å². The summed E-state index contributed by atoms with van der Waals surface area (Å²) in [5.74, 6) is -0.515. The number of aliphatic hydroxyl groups excluding tert-OH is 3. The Bertz CT molecular complexity index is 619. The molecular weight excluding hydrogens is 498 g/mol. The molecular formula is C35H67NO4. The zero-order chi connectivity index (χ0) is 29.7. The quantitative estimate of drug-likeness (QED) is 0.0539. The van der Waals surface area contributed by atoms with Gasteiger partial charge in [-0.3, -0.25) is 4.79 Å². The van der Waals surface area contributed by atoms with Crippen molar-refractivity contribution in [3.05, 3.63) is 23.8 Å². The van der Waals surface area contributed by atoms with Gasteiger partial charge in [-0.15, -0.1) is 0 Å². The Balaban J connectivity index is 3.95. The Hall–Kier alpha value is -1.17. The van der Waals surface area contributed by atoms with Crippen molar-refractivity contribution in [2.24, 2.45) is 0 Å². The van der Waals surface area contributed by atoms with Gasteiger partial charge < -0.3 is 20.6 Å². The van der Waals surface area contributed by atoms with E-state index in [0.29, 0.717) is 6.42 Å². The number of carbonyl (C=O) groups excluding carboxylic acids is 1. The van der Waals surface area contributed by atoms with E-state index in [1.54, 1.807) is 6.08 Å². The second kappa shape index (κ2) is 29.3. The first-order valence-electron chi connectivity index (χ1n) is 17.1. The Morgan fingerprint density at radius 3 is 1.68 bits per heavy atom. The molecule has 0 aliphatic rings. The molecule has 3 atom stereocenters. The van der Waals surface area contributed by atoms with Crippen molar-refractivity contribution in [2.45, 2.75) is 187 Å². The number of nitrogens with one attached hydrogen (secondary N) is 1. The molecule has 0 saturated heterocycles. The molecule has 0 aliphatic carbocycles. The minimum absolute atomic E-state index is 0.375. The van der Waals surface area contributed by atoms with Crippen molar-refractivity contribution in [3.63, 3.8) is 0 Å². The topological polar surface area (TPSA) is 89.8 Å². The van der Waals surface area contributed by atoms with Gasteiger partial charge in [0.05, 0.1) is 18.8 Å². The molecule has 0 heterocycles. The Kier molecular flexibility index (Phi) is 28.5. The van der Waals surface area contributed by atoms with Crippen LogP contribution in [0, 0.1) is 0 Å². The summed E-state index contributed by atoms with van der Waals surface area (Å²) >= 11 is 0. The fourth-order valence-electron chi connectivity index (χ4n) is 5.09. The molecule has 5 nitrogen and oxygen atoms in total. The predicted molar refractivity (Wildman–Crippen MR) is 171 cm³/mol. The standard InChI is InChI=1S/C35H67NO4/c1-4-6-8-10-12-13-14-15-16-18-20-24-29-34(39)35(40)36-32(30-37)33(38)28-25-21-23-27-31(3)26-22-19-17-11-9-7-5-2/h25,27-28,32-34,37-39H,4-24,26,29-30H2,1-3H3,(H,36,40)/t32-,33+,34+/m1/s1. The van der Waals surface area contributed by atoms with Gasteiger partial charge in [0.2, 0.25) is 5.91 Å². The lowest BCUT2D eigenvalue weighted by Gasteiger charge is -2.21. The van der Waals surface area contributed by atoms with Crippen LogP contribution in [0.25, 0.3) is 0 Å². The molecule has 0 bridgehead atoms. The van der Waals surface area contributed by atoms with Crippen LogP contribution in [-0.2, 0) is 4.79 Å². The molecule has 0 unspecified atom stereocenters. The van der Waals surface area contributed by atoms with Crippen LogP contribution in [0.4, 0.5) is 0 Å². The average molecular weight is 566 g/mol.